The predicted molar refractivity (Wildman–Crippen MR) is 142 cm³/mol. The van der Waals surface area contributed by atoms with Crippen molar-refractivity contribution in [3.63, 3.8) is 0 Å². The summed E-state index contributed by atoms with van der Waals surface area (Å²) in [6, 6.07) is 6.56. The Morgan fingerprint density at radius 1 is 1.10 bits per heavy atom. The van der Waals surface area contributed by atoms with Gasteiger partial charge in [0, 0.05) is 18.9 Å². The van der Waals surface area contributed by atoms with Crippen molar-refractivity contribution in [2.45, 2.75) is 74.6 Å². The highest BCUT2D eigenvalue weighted by Gasteiger charge is 2.44. The molecule has 2 N–H and O–H groups in total. The fourth-order valence-corrected chi connectivity index (χ4v) is 6.22. The number of anilines is 3. The molecule has 214 valence electrons. The fourth-order valence-electron chi connectivity index (χ4n) is 5.35. The number of halogens is 3. The van der Waals surface area contributed by atoms with E-state index in [1.54, 1.807) is 12.1 Å². The van der Waals surface area contributed by atoms with Crippen molar-refractivity contribution in [3.05, 3.63) is 35.7 Å². The molecule has 13 heteroatoms. The standard InChI is InChI=1S/C27H30F3N5O4S/c1-40(37,38)20-11-15(14-5-4-6-14)8-9-18(20)31-19-13-21(33-27(36)16-12-17(16)28)32-25-23(19)34-26(24(29)30)35(25)22-7-2-3-10-39-22/h8-9,11,13-14,16-17,22,24H,2-7,10,12H2,1H3,(H2,31,32,33,36)/t16-,17?,22?/m0/s1. The normalized spacial score (nSPS) is 23.3. The Bertz CT molecular complexity index is 1570. The van der Waals surface area contributed by atoms with Crippen molar-refractivity contribution in [1.29, 1.82) is 0 Å². The molecule has 2 aliphatic carbocycles. The third-order valence-electron chi connectivity index (χ3n) is 7.87. The van der Waals surface area contributed by atoms with Gasteiger partial charge in [-0.3, -0.25) is 9.36 Å². The highest BCUT2D eigenvalue weighted by Crippen LogP contribution is 2.41. The summed E-state index contributed by atoms with van der Waals surface area (Å²) in [5.41, 5.74) is 1.45. The van der Waals surface area contributed by atoms with Crippen LogP contribution in [-0.4, -0.2) is 47.9 Å². The molecule has 0 spiro atoms. The van der Waals surface area contributed by atoms with E-state index in [0.29, 0.717) is 18.9 Å². The number of ether oxygens (including phenoxy) is 1. The molecule has 2 aromatic heterocycles. The van der Waals surface area contributed by atoms with Gasteiger partial charge in [-0.2, -0.15) is 0 Å². The zero-order valence-electron chi connectivity index (χ0n) is 21.9. The van der Waals surface area contributed by atoms with Gasteiger partial charge in [0.1, 0.15) is 23.7 Å². The van der Waals surface area contributed by atoms with Crippen LogP contribution in [0.15, 0.2) is 29.2 Å². The maximum Gasteiger partial charge on any atom is 0.295 e. The molecule has 3 fully saturated rings. The summed E-state index contributed by atoms with van der Waals surface area (Å²) in [6.07, 6.45) is 1.39. The molecule has 9 nitrogen and oxygen atoms in total. The van der Waals surface area contributed by atoms with E-state index < -0.39 is 46.3 Å². The average Bonchev–Trinajstić information content (AvgIpc) is 3.48. The van der Waals surface area contributed by atoms with Gasteiger partial charge in [-0.15, -0.1) is 0 Å². The van der Waals surface area contributed by atoms with E-state index in [1.807, 2.05) is 6.07 Å². The fraction of sp³-hybridized carbons (Fsp3) is 0.519. The minimum absolute atomic E-state index is 0.00358. The second-order valence-electron chi connectivity index (χ2n) is 10.8. The number of hydrogen-bond acceptors (Lipinski definition) is 7. The second kappa shape index (κ2) is 10.3. The third-order valence-corrected chi connectivity index (χ3v) is 9.00. The lowest BCUT2D eigenvalue weighted by atomic mass is 9.80. The number of sulfone groups is 1. The molecule has 2 unspecified atom stereocenters. The van der Waals surface area contributed by atoms with Gasteiger partial charge in [-0.1, -0.05) is 12.5 Å². The van der Waals surface area contributed by atoms with Crippen LogP contribution in [0, 0.1) is 5.92 Å². The number of rotatable bonds is 8. The number of carbonyl (C=O) groups excluding carboxylic acids is 1. The first-order chi connectivity index (χ1) is 19.1. The Hall–Kier alpha value is -3.19. The summed E-state index contributed by atoms with van der Waals surface area (Å²) in [5.74, 6) is -1.61. The van der Waals surface area contributed by atoms with Crippen LogP contribution < -0.4 is 10.6 Å². The van der Waals surface area contributed by atoms with E-state index in [-0.39, 0.29) is 39.7 Å². The molecule has 2 saturated carbocycles. The molecule has 1 saturated heterocycles. The van der Waals surface area contributed by atoms with Gasteiger partial charge >= 0.3 is 0 Å². The Balaban J connectivity index is 1.48. The van der Waals surface area contributed by atoms with Gasteiger partial charge < -0.3 is 15.4 Å². The van der Waals surface area contributed by atoms with E-state index in [1.165, 1.54) is 10.6 Å². The molecule has 1 aromatic carbocycles. The van der Waals surface area contributed by atoms with Gasteiger partial charge in [0.2, 0.25) is 5.91 Å². The van der Waals surface area contributed by atoms with Gasteiger partial charge in [0.25, 0.3) is 6.43 Å². The number of alkyl halides is 3. The Morgan fingerprint density at radius 2 is 1.88 bits per heavy atom. The Labute approximate surface area is 229 Å². The molecule has 3 heterocycles. The minimum Gasteiger partial charge on any atom is -0.358 e. The van der Waals surface area contributed by atoms with Gasteiger partial charge in [0.15, 0.2) is 21.3 Å². The SMILES string of the molecule is CS(=O)(=O)c1cc(C2CCC2)ccc1Nc1cc(NC(=O)[C@H]2CC2F)nc2c1nc(C(F)F)n2C1CCCCO1. The van der Waals surface area contributed by atoms with E-state index >= 15 is 0 Å². The van der Waals surface area contributed by atoms with Crippen LogP contribution in [0.1, 0.15) is 74.9 Å². The lowest BCUT2D eigenvalue weighted by Crippen LogP contribution is -2.21. The molecule has 6 rings (SSSR count). The van der Waals surface area contributed by atoms with Crippen LogP contribution in [0.2, 0.25) is 0 Å². The number of carbonyl (C=O) groups is 1. The molecule has 40 heavy (non-hydrogen) atoms. The van der Waals surface area contributed by atoms with Gasteiger partial charge in [-0.25, -0.2) is 31.6 Å². The minimum atomic E-state index is -3.67. The monoisotopic (exact) mass is 577 g/mol. The lowest BCUT2D eigenvalue weighted by Gasteiger charge is -2.26. The van der Waals surface area contributed by atoms with E-state index in [0.717, 1.165) is 43.9 Å². The smallest absolute Gasteiger partial charge is 0.295 e. The first-order valence-electron chi connectivity index (χ1n) is 13.5. The number of benzene rings is 1. The summed E-state index contributed by atoms with van der Waals surface area (Å²) in [6.45, 7) is 0.388. The summed E-state index contributed by atoms with van der Waals surface area (Å²) in [4.78, 5) is 21.3. The molecule has 0 radical (unpaired) electrons. The summed E-state index contributed by atoms with van der Waals surface area (Å²) >= 11 is 0. The van der Waals surface area contributed by atoms with Crippen LogP contribution in [0.5, 0.6) is 0 Å². The number of pyridine rings is 1. The van der Waals surface area contributed by atoms with Crippen LogP contribution in [0.4, 0.5) is 30.4 Å². The highest BCUT2D eigenvalue weighted by molar-refractivity contribution is 7.90. The first kappa shape index (κ1) is 27.0. The number of nitrogens with one attached hydrogen (secondary N) is 2. The maximum atomic E-state index is 14.2. The number of hydrogen-bond donors (Lipinski definition) is 2. The number of nitrogens with zero attached hydrogens (tertiary/aromatic N) is 3. The third kappa shape index (κ3) is 5.16. The maximum absolute atomic E-state index is 14.2. The van der Waals surface area contributed by atoms with Crippen molar-refractivity contribution in [3.8, 4) is 0 Å². The van der Waals surface area contributed by atoms with E-state index in [4.69, 9.17) is 4.74 Å². The van der Waals surface area contributed by atoms with E-state index in [2.05, 4.69) is 20.6 Å². The van der Waals surface area contributed by atoms with Crippen LogP contribution in [0.3, 0.4) is 0 Å². The average molecular weight is 578 g/mol. The summed E-state index contributed by atoms with van der Waals surface area (Å²) in [5, 5.41) is 5.66. The second-order valence-corrected chi connectivity index (χ2v) is 12.8. The van der Waals surface area contributed by atoms with Gasteiger partial charge in [0.05, 0.1) is 22.2 Å². The number of amides is 1. The van der Waals surface area contributed by atoms with Crippen LogP contribution in [0.25, 0.3) is 11.2 Å². The Morgan fingerprint density at radius 3 is 2.48 bits per heavy atom. The van der Waals surface area contributed by atoms with Gasteiger partial charge in [-0.05, 0) is 62.1 Å². The molecule has 1 aliphatic heterocycles. The largest absolute Gasteiger partial charge is 0.358 e. The Kier molecular flexibility index (Phi) is 6.97. The van der Waals surface area contributed by atoms with E-state index in [9.17, 15) is 26.4 Å². The van der Waals surface area contributed by atoms with Crippen molar-refractivity contribution < 1.29 is 31.1 Å². The molecule has 3 atom stereocenters. The quantitative estimate of drug-likeness (QED) is 0.349. The number of aromatic nitrogens is 3. The molecule has 0 bridgehead atoms. The van der Waals surface area contributed by atoms with Crippen molar-refractivity contribution in [1.82, 2.24) is 14.5 Å². The number of imidazole rings is 1. The lowest BCUT2D eigenvalue weighted by molar-refractivity contribution is -0.117. The predicted octanol–water partition coefficient (Wildman–Crippen LogP) is 5.78. The number of fused-ring (bicyclic) bond motifs is 1. The highest BCUT2D eigenvalue weighted by atomic mass is 32.2. The summed E-state index contributed by atoms with van der Waals surface area (Å²) in [7, 11) is -3.67. The van der Waals surface area contributed by atoms with Crippen molar-refractivity contribution >= 4 is 44.1 Å². The molecular formula is C27H30F3N5O4S. The zero-order chi connectivity index (χ0) is 28.2. The molecular weight excluding hydrogens is 547 g/mol. The summed E-state index contributed by atoms with van der Waals surface area (Å²) < 4.78 is 74.7. The van der Waals surface area contributed by atoms with Crippen molar-refractivity contribution in [2.75, 3.05) is 23.5 Å². The molecule has 1 amide bonds. The zero-order valence-corrected chi connectivity index (χ0v) is 22.7. The van der Waals surface area contributed by atoms with Crippen molar-refractivity contribution in [2.24, 2.45) is 5.92 Å². The molecule has 3 aromatic rings. The molecule has 3 aliphatic rings. The van der Waals surface area contributed by atoms with Crippen LogP contribution >= 0.6 is 0 Å². The van der Waals surface area contributed by atoms with Crippen LogP contribution in [-0.2, 0) is 19.4 Å². The topological polar surface area (TPSA) is 115 Å². The first-order valence-corrected chi connectivity index (χ1v) is 15.4.